The Kier molecular flexibility index (Phi) is 8.55. The van der Waals surface area contributed by atoms with Gasteiger partial charge >= 0.3 is 0 Å². The Hall–Kier alpha value is -3.83. The minimum Gasteiger partial charge on any atom is -0.368 e. The molecule has 3 aromatic heterocycles. The Labute approximate surface area is 267 Å². The minimum absolute atomic E-state index is 0.216. The van der Waals surface area contributed by atoms with E-state index in [2.05, 4.69) is 53.4 Å². The summed E-state index contributed by atoms with van der Waals surface area (Å²) in [6.45, 7) is 7.78. The highest BCUT2D eigenvalue weighted by Crippen LogP contribution is 2.36. The van der Waals surface area contributed by atoms with Crippen molar-refractivity contribution >= 4 is 28.5 Å². The molecule has 0 aliphatic carbocycles. The number of nitrogen functional groups attached to an aromatic ring is 1. The van der Waals surface area contributed by atoms with Gasteiger partial charge in [-0.25, -0.2) is 19.3 Å². The van der Waals surface area contributed by atoms with Crippen molar-refractivity contribution in [1.82, 2.24) is 39.2 Å². The second-order valence-corrected chi connectivity index (χ2v) is 12.6. The molecule has 3 N–H and O–H groups in total. The van der Waals surface area contributed by atoms with Gasteiger partial charge in [-0.3, -0.25) is 0 Å². The first-order valence-electron chi connectivity index (χ1n) is 15.8. The molecule has 0 radical (unpaired) electrons. The third-order valence-corrected chi connectivity index (χ3v) is 9.62. The van der Waals surface area contributed by atoms with Crippen LogP contribution in [0.4, 0.5) is 10.3 Å². The second-order valence-electron chi connectivity index (χ2n) is 12.2. The van der Waals surface area contributed by atoms with Crippen molar-refractivity contribution in [2.24, 2.45) is 0 Å². The maximum atomic E-state index is 13.7. The number of para-hydroxylation sites is 1. The fourth-order valence-electron chi connectivity index (χ4n) is 7.02. The molecule has 0 bridgehead atoms. The first kappa shape index (κ1) is 29.9. The van der Waals surface area contributed by atoms with Crippen molar-refractivity contribution < 1.29 is 4.39 Å². The lowest BCUT2D eigenvalue weighted by molar-refractivity contribution is 0.187. The average molecular weight is 628 g/mol. The monoisotopic (exact) mass is 627 g/mol. The fraction of sp³-hybridized carbons (Fsp3) is 0.382. The third-order valence-electron chi connectivity index (χ3n) is 9.31. The minimum atomic E-state index is -0.276. The van der Waals surface area contributed by atoms with Crippen molar-refractivity contribution in [3.8, 4) is 22.6 Å². The van der Waals surface area contributed by atoms with E-state index in [0.717, 1.165) is 99.3 Å². The largest absolute Gasteiger partial charge is 0.368 e. The zero-order valence-corrected chi connectivity index (χ0v) is 26.3. The molecule has 2 aromatic carbocycles. The molecule has 1 fully saturated rings. The van der Waals surface area contributed by atoms with Crippen molar-refractivity contribution in [1.29, 1.82) is 0 Å². The fourth-order valence-corrected chi connectivity index (χ4v) is 7.30. The summed E-state index contributed by atoms with van der Waals surface area (Å²) in [7, 11) is 2.19. The molecule has 0 atom stereocenters. The molecule has 5 aromatic rings. The molecule has 1 saturated heterocycles. The van der Waals surface area contributed by atoms with Crippen molar-refractivity contribution in [2.45, 2.75) is 38.4 Å². The smallest absolute Gasteiger partial charge is 0.220 e. The van der Waals surface area contributed by atoms with E-state index in [4.69, 9.17) is 22.3 Å². The van der Waals surface area contributed by atoms with Gasteiger partial charge in [-0.1, -0.05) is 23.7 Å². The highest BCUT2D eigenvalue weighted by atomic mass is 35.5. The van der Waals surface area contributed by atoms with Crippen LogP contribution in [0.15, 0.2) is 61.1 Å². The summed E-state index contributed by atoms with van der Waals surface area (Å²) in [6.07, 6.45) is 6.63. The first-order chi connectivity index (χ1) is 22.0. The molecule has 0 unspecified atom stereocenters. The summed E-state index contributed by atoms with van der Waals surface area (Å²) >= 11 is 6.71. The number of rotatable bonds is 9. The summed E-state index contributed by atoms with van der Waals surface area (Å²) in [5.74, 6) is -0.0601. The molecule has 5 heterocycles. The second kappa shape index (κ2) is 12.9. The van der Waals surface area contributed by atoms with Gasteiger partial charge in [-0.05, 0) is 68.3 Å². The normalized spacial score (nSPS) is 16.4. The SMILES string of the molecule is CN1CCc2c(n(CCNCCN3CCC(n4cnc(-c5ccc(F)cc5)c4-c4ccnc(N)n4)CC3)c3c(Cl)cccc23)C1. The molecule has 234 valence electrons. The molecule has 11 heteroatoms. The average Bonchev–Trinajstić information content (AvgIpc) is 3.62. The van der Waals surface area contributed by atoms with Gasteiger partial charge in [-0.15, -0.1) is 0 Å². The van der Waals surface area contributed by atoms with E-state index in [1.165, 1.54) is 34.3 Å². The molecule has 0 spiro atoms. The van der Waals surface area contributed by atoms with Crippen LogP contribution in [0, 0.1) is 5.82 Å². The molecule has 45 heavy (non-hydrogen) atoms. The summed E-state index contributed by atoms with van der Waals surface area (Å²) in [5, 5.41) is 5.83. The Morgan fingerprint density at radius 2 is 1.80 bits per heavy atom. The zero-order valence-electron chi connectivity index (χ0n) is 25.6. The van der Waals surface area contributed by atoms with Gasteiger partial charge in [0.1, 0.15) is 5.82 Å². The molecule has 2 aliphatic rings. The molecule has 7 rings (SSSR count). The number of fused-ring (bicyclic) bond motifs is 3. The van der Waals surface area contributed by atoms with Crippen LogP contribution in [-0.4, -0.2) is 80.2 Å². The Balaban J connectivity index is 0.975. The van der Waals surface area contributed by atoms with Crippen LogP contribution < -0.4 is 11.1 Å². The predicted octanol–water partition coefficient (Wildman–Crippen LogP) is 5.25. The van der Waals surface area contributed by atoms with Gasteiger partial charge in [0.25, 0.3) is 0 Å². The van der Waals surface area contributed by atoms with E-state index in [1.54, 1.807) is 18.3 Å². The number of piperidine rings is 1. The van der Waals surface area contributed by atoms with Gasteiger partial charge < -0.3 is 30.0 Å². The quantitative estimate of drug-likeness (QED) is 0.216. The number of halogens is 2. The van der Waals surface area contributed by atoms with Gasteiger partial charge in [0.2, 0.25) is 5.95 Å². The highest BCUT2D eigenvalue weighted by Gasteiger charge is 2.26. The van der Waals surface area contributed by atoms with Crippen molar-refractivity contribution in [3.05, 3.63) is 83.2 Å². The Morgan fingerprint density at radius 1 is 1.00 bits per heavy atom. The summed E-state index contributed by atoms with van der Waals surface area (Å²) in [6, 6.07) is 14.9. The number of hydrogen-bond donors (Lipinski definition) is 2. The zero-order chi connectivity index (χ0) is 30.9. The van der Waals surface area contributed by atoms with Gasteiger partial charge in [-0.2, -0.15) is 0 Å². The number of benzene rings is 2. The number of nitrogens with zero attached hydrogens (tertiary/aromatic N) is 7. The van der Waals surface area contributed by atoms with Gasteiger partial charge in [0, 0.05) is 81.2 Å². The standard InChI is InChI=1S/C34H39ClFN9/c1-42-16-12-26-27-3-2-4-28(35)32(27)44(30(26)21-42)20-15-38-14-19-43-17-10-25(11-18-43)45-22-40-31(23-5-7-24(36)8-6-23)33(45)29-9-13-39-34(37)41-29/h2-9,13,22,25,38H,10-12,14-21H2,1H3,(H2,37,39,41). The topological polar surface area (TPSA) is 93.1 Å². The summed E-state index contributed by atoms with van der Waals surface area (Å²) < 4.78 is 18.3. The Bertz CT molecular complexity index is 1790. The van der Waals surface area contributed by atoms with Crippen LogP contribution >= 0.6 is 11.6 Å². The molecule has 2 aliphatic heterocycles. The van der Waals surface area contributed by atoms with Gasteiger partial charge in [0.15, 0.2) is 0 Å². The van der Waals surface area contributed by atoms with Crippen molar-refractivity contribution in [2.75, 3.05) is 52.0 Å². The van der Waals surface area contributed by atoms with E-state index in [-0.39, 0.29) is 17.8 Å². The maximum Gasteiger partial charge on any atom is 0.220 e. The predicted molar refractivity (Wildman–Crippen MR) is 178 cm³/mol. The number of likely N-dealkylation sites (N-methyl/N-ethyl adjacent to an activating group) is 1. The number of nitrogens with two attached hydrogens (primary N) is 1. The molecule has 0 amide bonds. The van der Waals surface area contributed by atoms with E-state index in [9.17, 15) is 4.39 Å². The van der Waals surface area contributed by atoms with Crippen LogP contribution in [-0.2, 0) is 19.5 Å². The highest BCUT2D eigenvalue weighted by molar-refractivity contribution is 6.35. The number of hydrogen-bond acceptors (Lipinski definition) is 7. The molecule has 9 nitrogen and oxygen atoms in total. The van der Waals surface area contributed by atoms with Crippen LogP contribution in [0.1, 0.15) is 30.1 Å². The maximum absolute atomic E-state index is 13.7. The van der Waals surface area contributed by atoms with E-state index < -0.39 is 0 Å². The van der Waals surface area contributed by atoms with Crippen molar-refractivity contribution in [3.63, 3.8) is 0 Å². The van der Waals surface area contributed by atoms with Gasteiger partial charge in [0.05, 0.1) is 33.9 Å². The number of aromatic nitrogens is 5. The number of likely N-dealkylation sites (tertiary alicyclic amines) is 1. The Morgan fingerprint density at radius 3 is 2.60 bits per heavy atom. The van der Waals surface area contributed by atoms with E-state index >= 15 is 0 Å². The lowest BCUT2D eigenvalue weighted by Gasteiger charge is -2.33. The summed E-state index contributed by atoms with van der Waals surface area (Å²) in [5.41, 5.74) is 13.2. The number of nitrogens with one attached hydrogen (secondary N) is 1. The third kappa shape index (κ3) is 6.07. The van der Waals surface area contributed by atoms with E-state index in [0.29, 0.717) is 0 Å². The van der Waals surface area contributed by atoms with Crippen LogP contribution in [0.3, 0.4) is 0 Å². The lowest BCUT2D eigenvalue weighted by Crippen LogP contribution is -2.39. The van der Waals surface area contributed by atoms with Crippen LogP contribution in [0.25, 0.3) is 33.5 Å². The number of imidazole rings is 1. The molecule has 0 saturated carbocycles. The molecular formula is C34H39ClFN9. The number of anilines is 1. The summed E-state index contributed by atoms with van der Waals surface area (Å²) in [4.78, 5) is 18.3. The van der Waals surface area contributed by atoms with Crippen LogP contribution in [0.2, 0.25) is 5.02 Å². The first-order valence-corrected chi connectivity index (χ1v) is 16.2. The van der Waals surface area contributed by atoms with Crippen LogP contribution in [0.5, 0.6) is 0 Å². The lowest BCUT2D eigenvalue weighted by atomic mass is 10.0. The molecular weight excluding hydrogens is 589 g/mol. The van der Waals surface area contributed by atoms with E-state index in [1.807, 2.05) is 18.5 Å².